The Morgan fingerprint density at radius 1 is 0.405 bits per heavy atom. The fourth-order valence-electron chi connectivity index (χ4n) is 1.91. The molecule has 28 heteroatoms. The van der Waals surface area contributed by atoms with Crippen LogP contribution in [-0.4, -0.2) is 85.6 Å². The highest BCUT2D eigenvalue weighted by atomic mass is 35.5. The minimum Gasteiger partial charge on any atom is -0.374 e. The predicted octanol–water partition coefficient (Wildman–Crippen LogP) is 7.95. The molecule has 0 amide bonds. The van der Waals surface area contributed by atoms with Crippen molar-refractivity contribution in [2.45, 2.75) is 66.5 Å². The molecule has 0 radical (unpaired) electrons. The number of ether oxygens (including phenoxy) is 4. The molecule has 0 aromatic carbocycles. The van der Waals surface area contributed by atoms with Gasteiger partial charge < -0.3 is 4.74 Å². The summed E-state index contributed by atoms with van der Waals surface area (Å²) in [6.45, 7) is -4.42. The highest BCUT2D eigenvalue weighted by molar-refractivity contribution is 6.17. The summed E-state index contributed by atoms with van der Waals surface area (Å²) in [6.07, 6.45) is -56.7. The van der Waals surface area contributed by atoms with Gasteiger partial charge in [0.05, 0.1) is 6.61 Å². The quantitative estimate of drug-likeness (QED) is 0.111. The van der Waals surface area contributed by atoms with Gasteiger partial charge in [-0.25, -0.2) is 0 Å². The van der Waals surface area contributed by atoms with Gasteiger partial charge in [-0.1, -0.05) is 0 Å². The van der Waals surface area contributed by atoms with Gasteiger partial charge >= 0.3 is 66.5 Å². The van der Waals surface area contributed by atoms with Crippen molar-refractivity contribution in [1.29, 1.82) is 0 Å². The number of alkyl halides is 24. The largest absolute Gasteiger partial charge is 0.462 e. The van der Waals surface area contributed by atoms with Crippen LogP contribution in [0.1, 0.15) is 0 Å². The van der Waals surface area contributed by atoms with E-state index in [0.717, 1.165) is 4.74 Å². The summed E-state index contributed by atoms with van der Waals surface area (Å²) in [6, 6.07) is 0. The van der Waals surface area contributed by atoms with Crippen molar-refractivity contribution >= 4 is 11.6 Å². The maximum Gasteiger partial charge on any atom is 0.462 e. The maximum atomic E-state index is 14.3. The molecule has 4 nitrogen and oxygen atoms in total. The van der Waals surface area contributed by atoms with Crippen molar-refractivity contribution in [3.63, 3.8) is 0 Å². The number of rotatable bonds is 13. The first kappa shape index (κ1) is 40.5. The normalized spacial score (nSPS) is 19.7. The summed E-state index contributed by atoms with van der Waals surface area (Å²) in [5, 5.41) is 0. The second kappa shape index (κ2) is 11.5. The number of halogens is 24. The lowest BCUT2D eigenvalue weighted by atomic mass is 10.2. The second-order valence-electron chi connectivity index (χ2n) is 7.08. The van der Waals surface area contributed by atoms with Crippen LogP contribution < -0.4 is 0 Å². The Labute approximate surface area is 218 Å². The van der Waals surface area contributed by atoms with E-state index in [4.69, 9.17) is 11.6 Å². The van der Waals surface area contributed by atoms with Gasteiger partial charge in [0.2, 0.25) is 0 Å². The molecule has 0 saturated carbocycles. The third kappa shape index (κ3) is 7.41. The van der Waals surface area contributed by atoms with Crippen molar-refractivity contribution in [3.05, 3.63) is 0 Å². The minimum atomic E-state index is -8.67. The molecular weight excluding hydrogens is 705 g/mol. The average Bonchev–Trinajstić information content (AvgIpc) is 2.69. The Balaban J connectivity index is 7.14. The zero-order valence-electron chi connectivity index (χ0n) is 18.3. The average molecular weight is 711 g/mol. The van der Waals surface area contributed by atoms with E-state index < -0.39 is 85.6 Å². The van der Waals surface area contributed by atoms with Gasteiger partial charge in [0, 0.05) is 5.88 Å². The van der Waals surface area contributed by atoms with Crippen molar-refractivity contribution in [2.24, 2.45) is 0 Å². The van der Waals surface area contributed by atoms with Crippen LogP contribution in [0.2, 0.25) is 0 Å². The predicted molar refractivity (Wildman–Crippen MR) is 80.3 cm³/mol. The highest BCUT2D eigenvalue weighted by Crippen LogP contribution is 2.59. The number of hydrogen-bond acceptors (Lipinski definition) is 4. The van der Waals surface area contributed by atoms with Gasteiger partial charge in [0.15, 0.2) is 0 Å². The molecule has 0 bridgehead atoms. The molecule has 0 aliphatic carbocycles. The first-order valence-corrected chi connectivity index (χ1v) is 9.55. The van der Waals surface area contributed by atoms with Crippen LogP contribution in [0.15, 0.2) is 0 Å². The van der Waals surface area contributed by atoms with E-state index >= 15 is 0 Å². The molecule has 0 aromatic heterocycles. The first-order valence-electron chi connectivity index (χ1n) is 9.02. The lowest BCUT2D eigenvalue weighted by Crippen LogP contribution is -2.70. The van der Waals surface area contributed by atoms with Crippen molar-refractivity contribution < 1.29 is 120 Å². The maximum absolute atomic E-state index is 14.3. The fraction of sp³-hybridized carbons (Fsp3) is 1.00. The minimum absolute atomic E-state index is 0.955. The summed E-state index contributed by atoms with van der Waals surface area (Å²) in [7, 11) is 0. The summed E-state index contributed by atoms with van der Waals surface area (Å²) in [4.78, 5) is 0. The van der Waals surface area contributed by atoms with Crippen LogP contribution >= 0.6 is 11.6 Å². The Morgan fingerprint density at radius 3 is 1.02 bits per heavy atom. The molecule has 0 spiro atoms. The molecule has 0 aliphatic rings. The van der Waals surface area contributed by atoms with Crippen LogP contribution in [0.3, 0.4) is 0 Å². The molecule has 0 heterocycles. The second-order valence-corrected chi connectivity index (χ2v) is 7.46. The third-order valence-electron chi connectivity index (χ3n) is 3.96. The molecule has 0 rings (SSSR count). The van der Waals surface area contributed by atoms with E-state index in [1.54, 1.807) is 0 Å². The summed E-state index contributed by atoms with van der Waals surface area (Å²) in [5.41, 5.74) is 0. The smallest absolute Gasteiger partial charge is 0.374 e. The third-order valence-corrected chi connectivity index (χ3v) is 4.11. The Hall–Kier alpha value is -1.48. The fourth-order valence-corrected chi connectivity index (χ4v) is 2.02. The number of hydrogen-bond donors (Lipinski definition) is 0. The van der Waals surface area contributed by atoms with Crippen LogP contribution in [0.5, 0.6) is 0 Å². The molecule has 3 atom stereocenters. The van der Waals surface area contributed by atoms with E-state index in [9.17, 15) is 101 Å². The molecule has 0 fully saturated rings. The SMILES string of the molecule is FC(F)(F)C(F)(COCCCl)OC(F)(F)C(F)(OC(F)(F)C(F)(OC(F)(F)C(F)(F)C(F)(F)F)C(F)(F)F)C(F)(F)F. The standard InChI is InChI=1S/C14H6ClF23O4/c15-1-2-39-3-4(16,8(21,22)23)40-13(35,36)6(19,10(27,28)29)42-14(37,38)7(20,11(30,31)32)41-12(33,34)5(17,18)9(24,25)26/h1-3H2. The van der Waals surface area contributed by atoms with Gasteiger partial charge in [-0.2, -0.15) is 101 Å². The highest BCUT2D eigenvalue weighted by Gasteiger charge is 2.88. The summed E-state index contributed by atoms with van der Waals surface area (Å²) >= 11 is 4.83. The van der Waals surface area contributed by atoms with Crippen LogP contribution in [0.25, 0.3) is 0 Å². The Bertz CT molecular complexity index is 911. The summed E-state index contributed by atoms with van der Waals surface area (Å²) < 4.78 is 309. The van der Waals surface area contributed by atoms with Gasteiger partial charge in [-0.05, 0) is 0 Å². The van der Waals surface area contributed by atoms with Gasteiger partial charge in [0.1, 0.15) is 6.61 Å². The monoisotopic (exact) mass is 710 g/mol. The van der Waals surface area contributed by atoms with Gasteiger partial charge in [0.25, 0.3) is 0 Å². The first-order chi connectivity index (χ1) is 17.9. The molecule has 0 saturated heterocycles. The van der Waals surface area contributed by atoms with Crippen LogP contribution in [0.4, 0.5) is 101 Å². The molecule has 0 aromatic rings. The topological polar surface area (TPSA) is 36.9 Å². The molecule has 0 aliphatic heterocycles. The van der Waals surface area contributed by atoms with Gasteiger partial charge in [-0.3, -0.25) is 14.2 Å². The molecule has 0 N–H and O–H groups in total. The zero-order chi connectivity index (χ0) is 34.4. The Morgan fingerprint density at radius 2 is 0.738 bits per heavy atom. The van der Waals surface area contributed by atoms with E-state index in [0.29, 0.717) is 0 Å². The van der Waals surface area contributed by atoms with Crippen molar-refractivity contribution in [2.75, 3.05) is 19.1 Å². The Kier molecular flexibility index (Phi) is 11.1. The van der Waals surface area contributed by atoms with Crippen molar-refractivity contribution in [1.82, 2.24) is 0 Å². The van der Waals surface area contributed by atoms with Gasteiger partial charge in [-0.15, -0.1) is 11.6 Å². The van der Waals surface area contributed by atoms with E-state index in [1.165, 1.54) is 4.74 Å². The summed E-state index contributed by atoms with van der Waals surface area (Å²) in [5.74, 6) is -32.7. The molecule has 254 valence electrons. The van der Waals surface area contributed by atoms with Crippen LogP contribution in [-0.2, 0) is 18.9 Å². The lowest BCUT2D eigenvalue weighted by molar-refractivity contribution is -0.580. The van der Waals surface area contributed by atoms with E-state index in [1.807, 2.05) is 4.74 Å². The molecule has 3 unspecified atom stereocenters. The van der Waals surface area contributed by atoms with Crippen LogP contribution in [0, 0.1) is 0 Å². The van der Waals surface area contributed by atoms with Crippen molar-refractivity contribution in [3.8, 4) is 0 Å². The zero-order valence-corrected chi connectivity index (χ0v) is 19.1. The van der Waals surface area contributed by atoms with E-state index in [2.05, 4.69) is 4.74 Å². The molecular formula is C14H6ClF23O4. The lowest BCUT2D eigenvalue weighted by Gasteiger charge is -2.42. The molecule has 42 heavy (non-hydrogen) atoms. The van der Waals surface area contributed by atoms with E-state index in [-0.39, 0.29) is 0 Å².